The number of aryl methyl sites for hydroxylation is 1. The topological polar surface area (TPSA) is 38.3 Å². The molecule has 0 spiro atoms. The summed E-state index contributed by atoms with van der Waals surface area (Å²) < 4.78 is 31.3. The molecule has 1 aliphatic heterocycles. The maximum Gasteiger partial charge on any atom is 0.408 e. The van der Waals surface area contributed by atoms with Crippen LogP contribution in [0.5, 0.6) is 0 Å². The second-order valence-corrected chi connectivity index (χ2v) is 3.83. The van der Waals surface area contributed by atoms with Gasteiger partial charge in [-0.2, -0.15) is 0 Å². The van der Waals surface area contributed by atoms with Crippen LogP contribution in [0, 0.1) is 6.92 Å². The number of carbonyl (C=O) groups is 1. The van der Waals surface area contributed by atoms with Gasteiger partial charge in [0.05, 0.1) is 0 Å². The molecule has 1 amide bonds. The Morgan fingerprint density at radius 3 is 2.82 bits per heavy atom. The molecular weight excluding hydrogens is 252 g/mol. The molecule has 1 fully saturated rings. The highest BCUT2D eigenvalue weighted by Crippen LogP contribution is 2.34. The highest BCUT2D eigenvalue weighted by molar-refractivity contribution is 5.85. The van der Waals surface area contributed by atoms with E-state index < -0.39 is 24.7 Å². The molecule has 0 unspecified atom stereocenters. The number of alkyl carbamates (subject to hydrolysis) is 1. The molecule has 1 atom stereocenters. The first-order valence-corrected chi connectivity index (χ1v) is 4.87. The Balaban J connectivity index is 0.00000144. The van der Waals surface area contributed by atoms with Crippen LogP contribution >= 0.6 is 12.4 Å². The van der Waals surface area contributed by atoms with E-state index in [4.69, 9.17) is 0 Å². The molecule has 1 aromatic carbocycles. The van der Waals surface area contributed by atoms with Crippen LogP contribution in [0.3, 0.4) is 0 Å². The molecule has 3 nitrogen and oxygen atoms in total. The molecule has 0 saturated carbocycles. The number of nitrogens with one attached hydrogen (secondary N) is 1. The van der Waals surface area contributed by atoms with Gasteiger partial charge in [0.2, 0.25) is 0 Å². The summed E-state index contributed by atoms with van der Waals surface area (Å²) in [5.41, 5.74) is 1.26. The van der Waals surface area contributed by atoms with E-state index in [-0.39, 0.29) is 12.4 Å². The Morgan fingerprint density at radius 2 is 2.18 bits per heavy atom. The summed E-state index contributed by atoms with van der Waals surface area (Å²) in [6, 6.07) is 5.38. The SMILES string of the molecule is Cc1cccc([C@H]2NC(=O)OCC2(F)F)c1.Cl. The predicted octanol–water partition coefficient (Wildman–Crippen LogP) is 2.83. The first-order chi connectivity index (χ1) is 7.49. The number of amides is 1. The molecule has 94 valence electrons. The minimum absolute atomic E-state index is 0. The van der Waals surface area contributed by atoms with Gasteiger partial charge in [0.25, 0.3) is 0 Å². The minimum atomic E-state index is -3.08. The van der Waals surface area contributed by atoms with E-state index in [9.17, 15) is 13.6 Å². The van der Waals surface area contributed by atoms with Crippen LogP contribution in [0.25, 0.3) is 0 Å². The van der Waals surface area contributed by atoms with Gasteiger partial charge < -0.3 is 10.1 Å². The highest BCUT2D eigenvalue weighted by atomic mass is 35.5. The van der Waals surface area contributed by atoms with Gasteiger partial charge >= 0.3 is 12.0 Å². The van der Waals surface area contributed by atoms with Crippen LogP contribution < -0.4 is 5.32 Å². The first kappa shape index (κ1) is 13.7. The van der Waals surface area contributed by atoms with E-state index in [0.717, 1.165) is 5.56 Å². The number of cyclic esters (lactones) is 1. The Labute approximate surface area is 104 Å². The van der Waals surface area contributed by atoms with Crippen molar-refractivity contribution in [3.8, 4) is 0 Å². The summed E-state index contributed by atoms with van der Waals surface area (Å²) in [4.78, 5) is 11.0. The molecular formula is C11H12ClF2NO2. The van der Waals surface area contributed by atoms with E-state index in [2.05, 4.69) is 10.1 Å². The lowest BCUT2D eigenvalue weighted by Crippen LogP contribution is -2.49. The van der Waals surface area contributed by atoms with E-state index in [1.807, 2.05) is 13.0 Å². The molecule has 1 aromatic rings. The summed E-state index contributed by atoms with van der Waals surface area (Å²) in [7, 11) is 0. The maximum atomic E-state index is 13.5. The third kappa shape index (κ3) is 2.85. The lowest BCUT2D eigenvalue weighted by molar-refractivity contribution is -0.104. The number of benzene rings is 1. The third-order valence-corrected chi connectivity index (χ3v) is 2.46. The van der Waals surface area contributed by atoms with Gasteiger partial charge in [0.1, 0.15) is 6.04 Å². The van der Waals surface area contributed by atoms with Gasteiger partial charge in [-0.15, -0.1) is 12.4 Å². The van der Waals surface area contributed by atoms with Crippen molar-refractivity contribution in [2.24, 2.45) is 0 Å². The van der Waals surface area contributed by atoms with Crippen molar-refractivity contribution < 1.29 is 18.3 Å². The van der Waals surface area contributed by atoms with Crippen LogP contribution in [0.1, 0.15) is 17.2 Å². The predicted molar refractivity (Wildman–Crippen MR) is 60.6 cm³/mol. The lowest BCUT2D eigenvalue weighted by atomic mass is 9.98. The van der Waals surface area contributed by atoms with Gasteiger partial charge in [-0.25, -0.2) is 13.6 Å². The zero-order valence-corrected chi connectivity index (χ0v) is 9.89. The van der Waals surface area contributed by atoms with Gasteiger partial charge in [-0.3, -0.25) is 0 Å². The van der Waals surface area contributed by atoms with E-state index >= 15 is 0 Å². The number of carbonyl (C=O) groups excluding carboxylic acids is 1. The summed E-state index contributed by atoms with van der Waals surface area (Å²) in [5, 5.41) is 2.14. The number of alkyl halides is 2. The monoisotopic (exact) mass is 263 g/mol. The summed E-state index contributed by atoms with van der Waals surface area (Å²) in [6.07, 6.45) is -0.808. The summed E-state index contributed by atoms with van der Waals surface area (Å²) >= 11 is 0. The molecule has 1 N–H and O–H groups in total. The Kier molecular flexibility index (Phi) is 3.93. The van der Waals surface area contributed by atoms with Crippen molar-refractivity contribution in [3.63, 3.8) is 0 Å². The number of hydrogen-bond donors (Lipinski definition) is 1. The van der Waals surface area contributed by atoms with Crippen molar-refractivity contribution in [1.29, 1.82) is 0 Å². The molecule has 6 heteroatoms. The normalized spacial score (nSPS) is 22.1. The van der Waals surface area contributed by atoms with Crippen LogP contribution in [-0.2, 0) is 4.74 Å². The summed E-state index contributed by atoms with van der Waals surface area (Å²) in [5.74, 6) is -3.08. The highest BCUT2D eigenvalue weighted by Gasteiger charge is 2.46. The fourth-order valence-corrected chi connectivity index (χ4v) is 1.69. The average molecular weight is 264 g/mol. The third-order valence-electron chi connectivity index (χ3n) is 2.46. The average Bonchev–Trinajstić information content (AvgIpc) is 2.22. The number of rotatable bonds is 1. The molecule has 1 heterocycles. The van der Waals surface area contributed by atoms with Crippen molar-refractivity contribution in [2.45, 2.75) is 18.9 Å². The smallest absolute Gasteiger partial charge is 0.408 e. The quantitative estimate of drug-likeness (QED) is 0.846. The van der Waals surface area contributed by atoms with E-state index in [0.29, 0.717) is 5.56 Å². The van der Waals surface area contributed by atoms with Crippen molar-refractivity contribution in [1.82, 2.24) is 5.32 Å². The van der Waals surface area contributed by atoms with E-state index in [1.165, 1.54) is 0 Å². The van der Waals surface area contributed by atoms with Gasteiger partial charge in [-0.05, 0) is 12.5 Å². The lowest BCUT2D eigenvalue weighted by Gasteiger charge is -2.31. The van der Waals surface area contributed by atoms with Crippen LogP contribution in [0.15, 0.2) is 24.3 Å². The second-order valence-electron chi connectivity index (χ2n) is 3.83. The Bertz CT molecular complexity index is 426. The Hall–Kier alpha value is -1.36. The van der Waals surface area contributed by atoms with Crippen LogP contribution in [-0.4, -0.2) is 18.6 Å². The molecule has 0 aromatic heterocycles. The molecule has 0 bridgehead atoms. The standard InChI is InChI=1S/C11H11F2NO2.ClH/c1-7-3-2-4-8(5-7)9-11(12,13)6-16-10(15)14-9;/h2-5,9H,6H2,1H3,(H,14,15);1H/t9-;/m1./s1. The fraction of sp³-hybridized carbons (Fsp3) is 0.364. The largest absolute Gasteiger partial charge is 0.443 e. The number of halogens is 3. The minimum Gasteiger partial charge on any atom is -0.443 e. The molecule has 0 aliphatic carbocycles. The molecule has 2 rings (SSSR count). The van der Waals surface area contributed by atoms with Crippen molar-refractivity contribution >= 4 is 18.5 Å². The van der Waals surface area contributed by atoms with Crippen molar-refractivity contribution in [2.75, 3.05) is 6.61 Å². The van der Waals surface area contributed by atoms with Gasteiger partial charge in [-0.1, -0.05) is 29.8 Å². The summed E-state index contributed by atoms with van der Waals surface area (Å²) in [6.45, 7) is 0.931. The van der Waals surface area contributed by atoms with Gasteiger partial charge in [0, 0.05) is 0 Å². The fourth-order valence-electron chi connectivity index (χ4n) is 1.69. The molecule has 17 heavy (non-hydrogen) atoms. The molecule has 1 aliphatic rings. The van der Waals surface area contributed by atoms with Crippen LogP contribution in [0.2, 0.25) is 0 Å². The van der Waals surface area contributed by atoms with Crippen LogP contribution in [0.4, 0.5) is 13.6 Å². The Morgan fingerprint density at radius 1 is 1.47 bits per heavy atom. The second kappa shape index (κ2) is 4.87. The van der Waals surface area contributed by atoms with Gasteiger partial charge in [0.15, 0.2) is 6.61 Å². The maximum absolute atomic E-state index is 13.5. The zero-order valence-electron chi connectivity index (χ0n) is 9.07. The number of ether oxygens (including phenoxy) is 1. The van der Waals surface area contributed by atoms with Crippen molar-refractivity contribution in [3.05, 3.63) is 35.4 Å². The molecule has 1 saturated heterocycles. The zero-order chi connectivity index (χ0) is 11.8. The number of hydrogen-bond acceptors (Lipinski definition) is 2. The first-order valence-electron chi connectivity index (χ1n) is 4.87. The van der Waals surface area contributed by atoms with E-state index in [1.54, 1.807) is 18.2 Å². The molecule has 0 radical (unpaired) electrons.